The molecule has 1 heterocycles. The standard InChI is InChI=1S/C15H17ClN2O/c1-17-14(11-12-5-7-13(16)8-6-12)15(19)18-9-3-2-4-10-18/h5-8,14H,2-4,9-11H2. The molecule has 0 bridgehead atoms. The Morgan fingerprint density at radius 3 is 2.47 bits per heavy atom. The Labute approximate surface area is 119 Å². The fourth-order valence-corrected chi connectivity index (χ4v) is 2.48. The summed E-state index contributed by atoms with van der Waals surface area (Å²) in [6.45, 7) is 8.85. The van der Waals surface area contributed by atoms with Crippen LogP contribution < -0.4 is 0 Å². The molecule has 1 amide bonds. The predicted molar refractivity (Wildman–Crippen MR) is 76.0 cm³/mol. The zero-order chi connectivity index (χ0) is 13.7. The van der Waals surface area contributed by atoms with Gasteiger partial charge in [-0.2, -0.15) is 0 Å². The Kier molecular flexibility index (Phi) is 4.81. The maximum atomic E-state index is 12.3. The van der Waals surface area contributed by atoms with Crippen molar-refractivity contribution >= 4 is 17.5 Å². The molecule has 0 radical (unpaired) electrons. The van der Waals surface area contributed by atoms with Gasteiger partial charge in [0.2, 0.25) is 0 Å². The fraction of sp³-hybridized carbons (Fsp3) is 0.467. The van der Waals surface area contributed by atoms with Crippen LogP contribution in [0, 0.1) is 6.57 Å². The van der Waals surface area contributed by atoms with Gasteiger partial charge in [-0.25, -0.2) is 6.57 Å². The zero-order valence-corrected chi connectivity index (χ0v) is 11.6. The molecular formula is C15H17ClN2O. The summed E-state index contributed by atoms with van der Waals surface area (Å²) >= 11 is 5.83. The summed E-state index contributed by atoms with van der Waals surface area (Å²) < 4.78 is 0. The minimum Gasteiger partial charge on any atom is -0.336 e. The van der Waals surface area contributed by atoms with E-state index in [1.165, 1.54) is 6.42 Å². The van der Waals surface area contributed by atoms with Crippen molar-refractivity contribution in [3.8, 4) is 0 Å². The van der Waals surface area contributed by atoms with Gasteiger partial charge in [-0.15, -0.1) is 0 Å². The quantitative estimate of drug-likeness (QED) is 0.778. The van der Waals surface area contributed by atoms with E-state index in [-0.39, 0.29) is 5.91 Å². The van der Waals surface area contributed by atoms with Crippen molar-refractivity contribution in [2.24, 2.45) is 0 Å². The number of halogens is 1. The minimum absolute atomic E-state index is 0.0235. The number of piperidine rings is 1. The van der Waals surface area contributed by atoms with E-state index in [2.05, 4.69) is 4.85 Å². The Morgan fingerprint density at radius 1 is 1.26 bits per heavy atom. The third kappa shape index (κ3) is 3.71. The lowest BCUT2D eigenvalue weighted by atomic mass is 10.0. The van der Waals surface area contributed by atoms with Gasteiger partial charge in [-0.3, -0.25) is 4.79 Å². The number of rotatable bonds is 3. The smallest absolute Gasteiger partial charge is 0.306 e. The third-order valence-corrected chi connectivity index (χ3v) is 3.70. The molecule has 1 aromatic carbocycles. The van der Waals surface area contributed by atoms with Crippen LogP contribution in [-0.2, 0) is 11.2 Å². The number of carbonyl (C=O) groups excluding carboxylic acids is 1. The molecule has 0 saturated carbocycles. The summed E-state index contributed by atoms with van der Waals surface area (Å²) in [7, 11) is 0. The molecule has 1 saturated heterocycles. The first-order chi connectivity index (χ1) is 9.20. The second-order valence-electron chi connectivity index (χ2n) is 4.86. The summed E-state index contributed by atoms with van der Waals surface area (Å²) in [4.78, 5) is 17.6. The molecule has 1 fully saturated rings. The average Bonchev–Trinajstić information content (AvgIpc) is 2.47. The van der Waals surface area contributed by atoms with Gasteiger partial charge < -0.3 is 9.74 Å². The normalized spacial score (nSPS) is 16.7. The second-order valence-corrected chi connectivity index (χ2v) is 5.30. The zero-order valence-electron chi connectivity index (χ0n) is 10.8. The number of likely N-dealkylation sites (tertiary alicyclic amines) is 1. The predicted octanol–water partition coefficient (Wildman–Crippen LogP) is 3.18. The molecule has 2 rings (SSSR count). The topological polar surface area (TPSA) is 24.7 Å². The third-order valence-electron chi connectivity index (χ3n) is 3.45. The van der Waals surface area contributed by atoms with Crippen LogP contribution in [-0.4, -0.2) is 29.9 Å². The number of hydrogen-bond donors (Lipinski definition) is 0. The van der Waals surface area contributed by atoms with Crippen LogP contribution in [0.25, 0.3) is 4.85 Å². The lowest BCUT2D eigenvalue weighted by Crippen LogP contribution is -2.41. The van der Waals surface area contributed by atoms with Crippen LogP contribution in [0.3, 0.4) is 0 Å². The van der Waals surface area contributed by atoms with E-state index < -0.39 is 6.04 Å². The molecule has 1 atom stereocenters. The first-order valence-corrected chi connectivity index (χ1v) is 6.98. The van der Waals surface area contributed by atoms with Crippen LogP contribution in [0.4, 0.5) is 0 Å². The Balaban J connectivity index is 2.01. The maximum Gasteiger partial charge on any atom is 0.306 e. The molecular weight excluding hydrogens is 260 g/mol. The van der Waals surface area contributed by atoms with Gasteiger partial charge in [-0.05, 0) is 37.0 Å². The lowest BCUT2D eigenvalue weighted by molar-refractivity contribution is -0.132. The Hall–Kier alpha value is -1.53. The lowest BCUT2D eigenvalue weighted by Gasteiger charge is -2.26. The van der Waals surface area contributed by atoms with Crippen molar-refractivity contribution in [1.82, 2.24) is 4.90 Å². The first kappa shape index (κ1) is 13.9. The van der Waals surface area contributed by atoms with Crippen molar-refractivity contribution in [2.75, 3.05) is 13.1 Å². The van der Waals surface area contributed by atoms with E-state index in [0.29, 0.717) is 11.4 Å². The van der Waals surface area contributed by atoms with E-state index >= 15 is 0 Å². The summed E-state index contributed by atoms with van der Waals surface area (Å²) in [5.41, 5.74) is 0.982. The molecule has 0 aliphatic carbocycles. The highest BCUT2D eigenvalue weighted by Gasteiger charge is 2.29. The number of benzene rings is 1. The second kappa shape index (κ2) is 6.58. The van der Waals surface area contributed by atoms with Gasteiger partial charge in [-0.1, -0.05) is 23.7 Å². The van der Waals surface area contributed by atoms with E-state index in [9.17, 15) is 4.79 Å². The molecule has 0 aromatic heterocycles. The van der Waals surface area contributed by atoms with E-state index in [1.807, 2.05) is 17.0 Å². The highest BCUT2D eigenvalue weighted by Crippen LogP contribution is 2.16. The van der Waals surface area contributed by atoms with E-state index in [1.54, 1.807) is 12.1 Å². The summed E-state index contributed by atoms with van der Waals surface area (Å²) in [6, 6.07) is 6.75. The molecule has 0 spiro atoms. The summed E-state index contributed by atoms with van der Waals surface area (Å²) in [6.07, 6.45) is 3.76. The average molecular weight is 277 g/mol. The SMILES string of the molecule is [C-]#[N+]C(Cc1ccc(Cl)cc1)C(=O)N1CCCCC1. The maximum absolute atomic E-state index is 12.3. The molecule has 100 valence electrons. The molecule has 4 heteroatoms. The van der Waals surface area contributed by atoms with E-state index in [0.717, 1.165) is 31.5 Å². The van der Waals surface area contributed by atoms with E-state index in [4.69, 9.17) is 18.2 Å². The van der Waals surface area contributed by atoms with Crippen molar-refractivity contribution in [2.45, 2.75) is 31.7 Å². The van der Waals surface area contributed by atoms with Crippen LogP contribution >= 0.6 is 11.6 Å². The van der Waals surface area contributed by atoms with Gasteiger partial charge in [0.15, 0.2) is 0 Å². The van der Waals surface area contributed by atoms with Gasteiger partial charge in [0.05, 0.1) is 6.42 Å². The van der Waals surface area contributed by atoms with Gasteiger partial charge in [0.1, 0.15) is 0 Å². The molecule has 0 N–H and O–H groups in total. The van der Waals surface area contributed by atoms with Crippen molar-refractivity contribution in [1.29, 1.82) is 0 Å². The monoisotopic (exact) mass is 276 g/mol. The molecule has 1 aliphatic heterocycles. The number of carbonyl (C=O) groups is 1. The first-order valence-electron chi connectivity index (χ1n) is 6.60. The highest BCUT2D eigenvalue weighted by molar-refractivity contribution is 6.30. The largest absolute Gasteiger partial charge is 0.336 e. The number of amides is 1. The van der Waals surface area contributed by atoms with Gasteiger partial charge in [0.25, 0.3) is 0 Å². The Bertz CT molecular complexity index is 472. The number of hydrogen-bond acceptors (Lipinski definition) is 1. The fourth-order valence-electron chi connectivity index (χ4n) is 2.36. The Morgan fingerprint density at radius 2 is 1.89 bits per heavy atom. The highest BCUT2D eigenvalue weighted by atomic mass is 35.5. The van der Waals surface area contributed by atoms with Gasteiger partial charge >= 0.3 is 11.9 Å². The molecule has 1 aliphatic rings. The van der Waals surface area contributed by atoms with Crippen LogP contribution in [0.15, 0.2) is 24.3 Å². The van der Waals surface area contributed by atoms with Gasteiger partial charge in [0, 0.05) is 18.1 Å². The van der Waals surface area contributed by atoms with Crippen LogP contribution in [0.2, 0.25) is 5.02 Å². The number of nitrogens with zero attached hydrogens (tertiary/aromatic N) is 2. The summed E-state index contributed by atoms with van der Waals surface area (Å²) in [5.74, 6) is -0.0235. The molecule has 19 heavy (non-hydrogen) atoms. The van der Waals surface area contributed by atoms with Crippen LogP contribution in [0.5, 0.6) is 0 Å². The molecule has 1 unspecified atom stereocenters. The molecule has 1 aromatic rings. The molecule has 3 nitrogen and oxygen atoms in total. The minimum atomic E-state index is -0.598. The van der Waals surface area contributed by atoms with Crippen molar-refractivity contribution < 1.29 is 4.79 Å². The summed E-state index contributed by atoms with van der Waals surface area (Å²) in [5, 5.41) is 0.672. The van der Waals surface area contributed by atoms with Crippen molar-refractivity contribution in [3.63, 3.8) is 0 Å². The van der Waals surface area contributed by atoms with Crippen molar-refractivity contribution in [3.05, 3.63) is 46.3 Å². The van der Waals surface area contributed by atoms with Crippen LogP contribution in [0.1, 0.15) is 24.8 Å².